The van der Waals surface area contributed by atoms with Crippen LogP contribution in [0.4, 0.5) is 5.69 Å². The summed E-state index contributed by atoms with van der Waals surface area (Å²) < 4.78 is 0.484. The summed E-state index contributed by atoms with van der Waals surface area (Å²) in [6.07, 6.45) is 0.698. The van der Waals surface area contributed by atoms with Gasteiger partial charge in [0.25, 0.3) is 11.6 Å². The molecule has 0 spiro atoms. The van der Waals surface area contributed by atoms with Gasteiger partial charge in [-0.25, -0.2) is 0 Å². The van der Waals surface area contributed by atoms with Gasteiger partial charge in [0.1, 0.15) is 5.78 Å². The number of Topliss-reactive ketones (excluding diaryl/α,β-unsaturated/α-hetero) is 1. The number of amides is 1. The van der Waals surface area contributed by atoms with Crippen LogP contribution >= 0.6 is 15.9 Å². The Kier molecular flexibility index (Phi) is 3.94. The van der Waals surface area contributed by atoms with E-state index in [2.05, 4.69) is 15.9 Å². The highest BCUT2D eigenvalue weighted by Crippen LogP contribution is 2.23. The topological polar surface area (TPSA) is 80.5 Å². The van der Waals surface area contributed by atoms with Crippen LogP contribution < -0.4 is 0 Å². The summed E-state index contributed by atoms with van der Waals surface area (Å²) in [5.74, 6) is -0.138. The maximum atomic E-state index is 12.2. The normalized spacial score (nSPS) is 15.4. The number of rotatable bonds is 2. The number of nitrogens with zero attached hydrogens (tertiary/aromatic N) is 2. The van der Waals surface area contributed by atoms with Crippen molar-refractivity contribution < 1.29 is 14.5 Å². The summed E-state index contributed by atoms with van der Waals surface area (Å²) in [5.41, 5.74) is 0.126. The highest BCUT2D eigenvalue weighted by Gasteiger charge is 2.23. The molecule has 1 aliphatic heterocycles. The van der Waals surface area contributed by atoms with Gasteiger partial charge in [-0.05, 0) is 6.07 Å². The number of benzene rings is 1. The first-order valence-corrected chi connectivity index (χ1v) is 6.52. The Morgan fingerprint density at radius 1 is 1.26 bits per heavy atom. The van der Waals surface area contributed by atoms with E-state index in [1.807, 2.05) is 0 Å². The number of likely N-dealkylation sites (tertiary alicyclic amines) is 1. The first kappa shape index (κ1) is 13.7. The molecule has 1 fully saturated rings. The fourth-order valence-electron chi connectivity index (χ4n) is 1.94. The molecule has 0 unspecified atom stereocenters. The van der Waals surface area contributed by atoms with Gasteiger partial charge in [0, 0.05) is 48.1 Å². The van der Waals surface area contributed by atoms with Crippen LogP contribution in [-0.2, 0) is 4.79 Å². The molecule has 1 aromatic rings. The molecule has 1 saturated heterocycles. The second-order valence-corrected chi connectivity index (χ2v) is 5.20. The smallest absolute Gasteiger partial charge is 0.271 e. The molecule has 1 aromatic carbocycles. The van der Waals surface area contributed by atoms with Crippen molar-refractivity contribution in [2.75, 3.05) is 13.1 Å². The van der Waals surface area contributed by atoms with E-state index < -0.39 is 4.92 Å². The second-order valence-electron chi connectivity index (χ2n) is 4.29. The number of ketones is 1. The molecule has 0 saturated carbocycles. The third-order valence-corrected chi connectivity index (χ3v) is 3.41. The molecule has 0 N–H and O–H groups in total. The van der Waals surface area contributed by atoms with Crippen molar-refractivity contribution in [3.8, 4) is 0 Å². The van der Waals surface area contributed by atoms with E-state index in [0.717, 1.165) is 0 Å². The van der Waals surface area contributed by atoms with Crippen LogP contribution in [0.1, 0.15) is 23.2 Å². The molecule has 0 bridgehead atoms. The molecule has 6 nitrogen and oxygen atoms in total. The number of carbonyl (C=O) groups is 2. The van der Waals surface area contributed by atoms with Crippen LogP contribution in [0.2, 0.25) is 0 Å². The van der Waals surface area contributed by atoms with Gasteiger partial charge in [-0.15, -0.1) is 0 Å². The van der Waals surface area contributed by atoms with E-state index in [1.54, 1.807) is 11.0 Å². The quantitative estimate of drug-likeness (QED) is 0.616. The fraction of sp³-hybridized carbons (Fsp3) is 0.333. The van der Waals surface area contributed by atoms with E-state index in [9.17, 15) is 19.7 Å². The Morgan fingerprint density at radius 2 is 1.89 bits per heavy atom. The highest BCUT2D eigenvalue weighted by atomic mass is 79.9. The molecule has 0 aromatic heterocycles. The van der Waals surface area contributed by atoms with E-state index in [-0.39, 0.29) is 22.9 Å². The molecule has 0 atom stereocenters. The molecule has 1 amide bonds. The number of nitro groups is 1. The van der Waals surface area contributed by atoms with Crippen molar-refractivity contribution in [1.82, 2.24) is 4.90 Å². The Hall–Kier alpha value is -1.76. The van der Waals surface area contributed by atoms with Crippen LogP contribution in [0.25, 0.3) is 0 Å². The SMILES string of the molecule is O=C1CCN(C(=O)c2cc(Br)cc([N+](=O)[O-])c2)CC1. The van der Waals surface area contributed by atoms with Gasteiger partial charge in [-0.3, -0.25) is 19.7 Å². The lowest BCUT2D eigenvalue weighted by molar-refractivity contribution is -0.385. The summed E-state index contributed by atoms with van der Waals surface area (Å²) in [6.45, 7) is 0.746. The first-order valence-electron chi connectivity index (χ1n) is 5.73. The van der Waals surface area contributed by atoms with Crippen molar-refractivity contribution in [2.24, 2.45) is 0 Å². The minimum absolute atomic E-state index is 0.134. The highest BCUT2D eigenvalue weighted by molar-refractivity contribution is 9.10. The van der Waals surface area contributed by atoms with Crippen molar-refractivity contribution in [1.29, 1.82) is 0 Å². The molecule has 1 aliphatic rings. The van der Waals surface area contributed by atoms with Crippen LogP contribution in [0.3, 0.4) is 0 Å². The third kappa shape index (κ3) is 3.17. The number of hydrogen-bond donors (Lipinski definition) is 0. The third-order valence-electron chi connectivity index (χ3n) is 2.95. The Labute approximate surface area is 117 Å². The Morgan fingerprint density at radius 3 is 2.47 bits per heavy atom. The Balaban J connectivity index is 2.23. The van der Waals surface area contributed by atoms with Gasteiger partial charge < -0.3 is 4.90 Å². The average Bonchev–Trinajstić information content (AvgIpc) is 2.38. The summed E-state index contributed by atoms with van der Waals surface area (Å²) >= 11 is 3.15. The Bertz CT molecular complexity index is 549. The molecule has 7 heteroatoms. The molecule has 100 valence electrons. The predicted molar refractivity (Wildman–Crippen MR) is 70.9 cm³/mol. The summed E-state index contributed by atoms with van der Waals surface area (Å²) in [4.78, 5) is 35.1. The van der Waals surface area contributed by atoms with Crippen LogP contribution in [0.5, 0.6) is 0 Å². The second kappa shape index (κ2) is 5.48. The van der Waals surface area contributed by atoms with Crippen molar-refractivity contribution in [2.45, 2.75) is 12.8 Å². The number of hydrogen-bond acceptors (Lipinski definition) is 4. The molecule has 19 heavy (non-hydrogen) atoms. The zero-order chi connectivity index (χ0) is 14.0. The van der Waals surface area contributed by atoms with E-state index >= 15 is 0 Å². The van der Waals surface area contributed by atoms with Gasteiger partial charge in [0.05, 0.1) is 4.92 Å². The molecule has 0 radical (unpaired) electrons. The number of nitro benzene ring substituents is 1. The van der Waals surface area contributed by atoms with E-state index in [1.165, 1.54) is 12.1 Å². The van der Waals surface area contributed by atoms with Crippen LogP contribution in [0, 0.1) is 10.1 Å². The van der Waals surface area contributed by atoms with Crippen molar-refractivity contribution in [3.05, 3.63) is 38.3 Å². The molecule has 2 rings (SSSR count). The standard InChI is InChI=1S/C12H11BrN2O4/c13-9-5-8(6-10(7-9)15(18)19)12(17)14-3-1-11(16)2-4-14/h5-7H,1-4H2. The number of halogens is 1. The van der Waals surface area contributed by atoms with Gasteiger partial charge in [0.2, 0.25) is 0 Å². The van der Waals surface area contributed by atoms with Crippen molar-refractivity contribution >= 4 is 33.3 Å². The van der Waals surface area contributed by atoms with Gasteiger partial charge in [0.15, 0.2) is 0 Å². The summed E-state index contributed by atoms with van der Waals surface area (Å²) in [7, 11) is 0. The van der Waals surface area contributed by atoms with Crippen LogP contribution in [0.15, 0.2) is 22.7 Å². The molecule has 0 aliphatic carbocycles. The summed E-state index contributed by atoms with van der Waals surface area (Å²) in [5, 5.41) is 10.8. The largest absolute Gasteiger partial charge is 0.338 e. The molecule has 1 heterocycles. The maximum absolute atomic E-state index is 12.2. The zero-order valence-corrected chi connectivity index (χ0v) is 11.6. The molecular weight excluding hydrogens is 316 g/mol. The minimum atomic E-state index is -0.540. The number of piperidine rings is 1. The summed E-state index contributed by atoms with van der Waals surface area (Å²) in [6, 6.07) is 4.14. The van der Waals surface area contributed by atoms with E-state index in [4.69, 9.17) is 0 Å². The lowest BCUT2D eigenvalue weighted by Crippen LogP contribution is -2.38. The number of non-ortho nitro benzene ring substituents is 1. The lowest BCUT2D eigenvalue weighted by Gasteiger charge is -2.26. The predicted octanol–water partition coefficient (Wildman–Crippen LogP) is 2.16. The average molecular weight is 327 g/mol. The monoisotopic (exact) mass is 326 g/mol. The van der Waals surface area contributed by atoms with Crippen molar-refractivity contribution in [3.63, 3.8) is 0 Å². The molecular formula is C12H11BrN2O4. The maximum Gasteiger partial charge on any atom is 0.271 e. The lowest BCUT2D eigenvalue weighted by atomic mass is 10.1. The first-order chi connectivity index (χ1) is 8.97. The van der Waals surface area contributed by atoms with E-state index in [0.29, 0.717) is 30.4 Å². The fourth-order valence-corrected chi connectivity index (χ4v) is 2.43. The van der Waals surface area contributed by atoms with Gasteiger partial charge >= 0.3 is 0 Å². The van der Waals surface area contributed by atoms with Gasteiger partial charge in [-0.2, -0.15) is 0 Å². The number of carbonyl (C=O) groups excluding carboxylic acids is 2. The minimum Gasteiger partial charge on any atom is -0.338 e. The van der Waals surface area contributed by atoms with Crippen LogP contribution in [-0.4, -0.2) is 34.6 Å². The zero-order valence-electron chi connectivity index (χ0n) is 9.97. The van der Waals surface area contributed by atoms with Gasteiger partial charge in [-0.1, -0.05) is 15.9 Å².